The predicted octanol–water partition coefficient (Wildman–Crippen LogP) is 0.656. The van der Waals surface area contributed by atoms with Crippen LogP contribution >= 0.6 is 0 Å². The summed E-state index contributed by atoms with van der Waals surface area (Å²) in [5, 5.41) is 5.48. The summed E-state index contributed by atoms with van der Waals surface area (Å²) in [6.07, 6.45) is 0. The highest BCUT2D eigenvalue weighted by molar-refractivity contribution is 5.92. The van der Waals surface area contributed by atoms with Crippen molar-refractivity contribution in [2.45, 2.75) is 13.5 Å². The number of aromatic amines is 1. The Balaban J connectivity index is 1.83. The van der Waals surface area contributed by atoms with Gasteiger partial charge in [0.25, 0.3) is 17.2 Å². The van der Waals surface area contributed by atoms with E-state index in [2.05, 4.69) is 20.4 Å². The van der Waals surface area contributed by atoms with E-state index < -0.39 is 5.91 Å². The lowest BCUT2D eigenvalue weighted by Gasteiger charge is -2.04. The van der Waals surface area contributed by atoms with E-state index in [4.69, 9.17) is 0 Å². The van der Waals surface area contributed by atoms with E-state index in [1.165, 1.54) is 10.6 Å². The Labute approximate surface area is 119 Å². The first-order valence-corrected chi connectivity index (χ1v) is 6.42. The lowest BCUT2D eigenvalue weighted by molar-refractivity contribution is 0.0946. The summed E-state index contributed by atoms with van der Waals surface area (Å²) in [6.45, 7) is 2.09. The van der Waals surface area contributed by atoms with Crippen LogP contribution in [-0.2, 0) is 6.54 Å². The maximum atomic E-state index is 12.1. The molecule has 2 heterocycles. The summed E-state index contributed by atoms with van der Waals surface area (Å²) in [4.78, 5) is 32.1. The lowest BCUT2D eigenvalue weighted by atomic mass is 10.2. The maximum absolute atomic E-state index is 12.1. The van der Waals surface area contributed by atoms with Gasteiger partial charge in [-0.15, -0.1) is 0 Å². The van der Waals surface area contributed by atoms with Crippen LogP contribution in [0.2, 0.25) is 0 Å². The van der Waals surface area contributed by atoms with Gasteiger partial charge in [0.1, 0.15) is 11.5 Å². The third-order valence-corrected chi connectivity index (χ3v) is 2.97. The largest absolute Gasteiger partial charge is 0.347 e. The van der Waals surface area contributed by atoms with Crippen molar-refractivity contribution in [1.29, 1.82) is 0 Å². The van der Waals surface area contributed by atoms with Crippen LogP contribution < -0.4 is 10.9 Å². The number of aromatic nitrogens is 4. The van der Waals surface area contributed by atoms with E-state index in [0.29, 0.717) is 12.4 Å². The second kappa shape index (κ2) is 5.20. The van der Waals surface area contributed by atoms with Gasteiger partial charge >= 0.3 is 0 Å². The Kier molecular flexibility index (Phi) is 3.23. The molecule has 0 aliphatic rings. The van der Waals surface area contributed by atoms with Crippen LogP contribution in [0.3, 0.4) is 0 Å². The number of hydrogen-bond acceptors (Lipinski definition) is 4. The molecule has 1 aromatic carbocycles. The molecule has 21 heavy (non-hydrogen) atoms. The molecule has 1 amide bonds. The van der Waals surface area contributed by atoms with Gasteiger partial charge < -0.3 is 5.32 Å². The molecule has 0 atom stereocenters. The number of benzene rings is 1. The average molecular weight is 283 g/mol. The molecule has 3 rings (SSSR count). The minimum absolute atomic E-state index is 0.0578. The first kappa shape index (κ1) is 13.0. The van der Waals surface area contributed by atoms with Crippen molar-refractivity contribution in [3.05, 3.63) is 63.8 Å². The fourth-order valence-corrected chi connectivity index (χ4v) is 1.97. The van der Waals surface area contributed by atoms with Crippen molar-refractivity contribution in [1.82, 2.24) is 24.9 Å². The van der Waals surface area contributed by atoms with Gasteiger partial charge in [-0.05, 0) is 12.5 Å². The number of H-pyrrole nitrogens is 1. The SMILES string of the molecule is Cc1nc2nc(C(=O)NCc3ccccc3)cc(=O)n2[nH]1. The van der Waals surface area contributed by atoms with E-state index >= 15 is 0 Å². The van der Waals surface area contributed by atoms with Crippen LogP contribution in [0.15, 0.2) is 41.2 Å². The summed E-state index contributed by atoms with van der Waals surface area (Å²) in [5.41, 5.74) is 0.659. The first-order valence-electron chi connectivity index (χ1n) is 6.42. The quantitative estimate of drug-likeness (QED) is 0.738. The number of amides is 1. The van der Waals surface area contributed by atoms with Crippen LogP contribution in [0, 0.1) is 6.92 Å². The molecule has 0 saturated carbocycles. The van der Waals surface area contributed by atoms with Crippen LogP contribution in [0.1, 0.15) is 21.9 Å². The summed E-state index contributed by atoms with van der Waals surface area (Å²) < 4.78 is 1.20. The number of nitrogens with zero attached hydrogens (tertiary/aromatic N) is 3. The Bertz CT molecular complexity index is 851. The number of nitrogens with one attached hydrogen (secondary N) is 2. The molecule has 0 radical (unpaired) electrons. The van der Waals surface area contributed by atoms with Crippen LogP contribution in [0.25, 0.3) is 5.78 Å². The molecule has 0 bridgehead atoms. The number of hydrogen-bond donors (Lipinski definition) is 2. The Hall–Kier alpha value is -2.96. The molecule has 7 heteroatoms. The average Bonchev–Trinajstić information content (AvgIpc) is 2.87. The number of rotatable bonds is 3. The number of fused-ring (bicyclic) bond motifs is 1. The van der Waals surface area contributed by atoms with E-state index in [1.807, 2.05) is 30.3 Å². The zero-order chi connectivity index (χ0) is 14.8. The van der Waals surface area contributed by atoms with Gasteiger partial charge in [-0.1, -0.05) is 30.3 Å². The monoisotopic (exact) mass is 283 g/mol. The van der Waals surface area contributed by atoms with E-state index in [1.54, 1.807) is 6.92 Å². The number of carbonyl (C=O) groups excluding carboxylic acids is 1. The smallest absolute Gasteiger partial charge is 0.274 e. The van der Waals surface area contributed by atoms with Crippen molar-refractivity contribution in [3.63, 3.8) is 0 Å². The van der Waals surface area contributed by atoms with Gasteiger partial charge in [-0.25, -0.2) is 4.98 Å². The molecular formula is C14H13N5O2. The van der Waals surface area contributed by atoms with Gasteiger partial charge in [-0.2, -0.15) is 9.50 Å². The number of carbonyl (C=O) groups is 1. The second-order valence-electron chi connectivity index (χ2n) is 4.59. The van der Waals surface area contributed by atoms with E-state index in [-0.39, 0.29) is 17.0 Å². The molecule has 0 saturated heterocycles. The highest BCUT2D eigenvalue weighted by Crippen LogP contribution is 2.00. The highest BCUT2D eigenvalue weighted by Gasteiger charge is 2.12. The Morgan fingerprint density at radius 2 is 2.05 bits per heavy atom. The molecule has 7 nitrogen and oxygen atoms in total. The summed E-state index contributed by atoms with van der Waals surface area (Å²) in [7, 11) is 0. The Morgan fingerprint density at radius 1 is 1.29 bits per heavy atom. The molecule has 0 spiro atoms. The van der Waals surface area contributed by atoms with Crippen molar-refractivity contribution >= 4 is 11.7 Å². The highest BCUT2D eigenvalue weighted by atomic mass is 16.2. The van der Waals surface area contributed by atoms with Gasteiger partial charge in [0.05, 0.1) is 0 Å². The van der Waals surface area contributed by atoms with Crippen LogP contribution in [0.5, 0.6) is 0 Å². The van der Waals surface area contributed by atoms with Crippen molar-refractivity contribution in [2.24, 2.45) is 0 Å². The van der Waals surface area contributed by atoms with Gasteiger partial charge in [0.2, 0.25) is 0 Å². The Morgan fingerprint density at radius 3 is 2.81 bits per heavy atom. The zero-order valence-corrected chi connectivity index (χ0v) is 11.3. The summed E-state index contributed by atoms with van der Waals surface area (Å²) in [6, 6.07) is 10.7. The molecule has 0 fully saturated rings. The fraction of sp³-hybridized carbons (Fsp3) is 0.143. The minimum atomic E-state index is -0.404. The number of aryl methyl sites for hydroxylation is 1. The third-order valence-electron chi connectivity index (χ3n) is 2.97. The first-order chi connectivity index (χ1) is 10.1. The minimum Gasteiger partial charge on any atom is -0.347 e. The molecular weight excluding hydrogens is 270 g/mol. The fourth-order valence-electron chi connectivity index (χ4n) is 1.97. The molecule has 0 aliphatic carbocycles. The van der Waals surface area contributed by atoms with Crippen molar-refractivity contribution in [3.8, 4) is 0 Å². The molecule has 2 aromatic heterocycles. The predicted molar refractivity (Wildman–Crippen MR) is 76.0 cm³/mol. The summed E-state index contributed by atoms with van der Waals surface area (Å²) in [5.74, 6) is 0.338. The molecule has 0 aliphatic heterocycles. The topological polar surface area (TPSA) is 92.2 Å². The molecule has 3 aromatic rings. The van der Waals surface area contributed by atoms with E-state index in [0.717, 1.165) is 5.56 Å². The molecule has 106 valence electrons. The second-order valence-corrected chi connectivity index (χ2v) is 4.59. The zero-order valence-electron chi connectivity index (χ0n) is 11.3. The van der Waals surface area contributed by atoms with Crippen molar-refractivity contribution in [2.75, 3.05) is 0 Å². The third kappa shape index (κ3) is 2.66. The van der Waals surface area contributed by atoms with Gasteiger partial charge in [-0.3, -0.25) is 14.7 Å². The van der Waals surface area contributed by atoms with Gasteiger partial charge in [0.15, 0.2) is 0 Å². The summed E-state index contributed by atoms with van der Waals surface area (Å²) >= 11 is 0. The van der Waals surface area contributed by atoms with Crippen molar-refractivity contribution < 1.29 is 4.79 Å². The van der Waals surface area contributed by atoms with Crippen LogP contribution in [0.4, 0.5) is 0 Å². The molecule has 0 unspecified atom stereocenters. The van der Waals surface area contributed by atoms with Gasteiger partial charge in [0, 0.05) is 12.6 Å². The standard InChI is InChI=1S/C14H13N5O2/c1-9-16-14-17-11(7-12(20)19(14)18-9)13(21)15-8-10-5-3-2-4-6-10/h2-7H,8H2,1H3,(H,15,21)(H,16,17,18). The van der Waals surface area contributed by atoms with Crippen LogP contribution in [-0.4, -0.2) is 25.5 Å². The maximum Gasteiger partial charge on any atom is 0.274 e. The normalized spacial score (nSPS) is 10.7. The molecule has 2 N–H and O–H groups in total. The van der Waals surface area contributed by atoms with E-state index in [9.17, 15) is 9.59 Å². The lowest BCUT2D eigenvalue weighted by Crippen LogP contribution is -2.27.